The highest BCUT2D eigenvalue weighted by atomic mass is 16.4. The first-order valence-electron chi connectivity index (χ1n) is 7.74. The molecule has 0 aliphatic heterocycles. The topological polar surface area (TPSA) is 66.4 Å². The van der Waals surface area contributed by atoms with Crippen molar-refractivity contribution in [3.63, 3.8) is 0 Å². The predicted octanol–water partition coefficient (Wildman–Crippen LogP) is 3.62. The van der Waals surface area contributed by atoms with Gasteiger partial charge in [-0.1, -0.05) is 63.6 Å². The van der Waals surface area contributed by atoms with Gasteiger partial charge in [0.25, 0.3) is 5.91 Å². The van der Waals surface area contributed by atoms with Crippen LogP contribution < -0.4 is 5.32 Å². The normalized spacial score (nSPS) is 11.9. The lowest BCUT2D eigenvalue weighted by molar-refractivity contribution is -0.139. The summed E-state index contributed by atoms with van der Waals surface area (Å²) in [4.78, 5) is 23.2. The van der Waals surface area contributed by atoms with E-state index in [-0.39, 0.29) is 5.91 Å². The molecule has 0 spiro atoms. The Morgan fingerprint density at radius 1 is 1.05 bits per heavy atom. The lowest BCUT2D eigenvalue weighted by Crippen LogP contribution is -2.40. The summed E-state index contributed by atoms with van der Waals surface area (Å²) < 4.78 is 0. The molecule has 2 N–H and O–H groups in total. The number of nitrogens with one attached hydrogen (secondary N) is 1. The number of hydrogen-bond donors (Lipinski definition) is 2. The Labute approximate surface area is 126 Å². The summed E-state index contributed by atoms with van der Waals surface area (Å²) in [6, 6.07) is 7.90. The molecule has 116 valence electrons. The van der Waals surface area contributed by atoms with Gasteiger partial charge in [-0.2, -0.15) is 0 Å². The molecule has 0 saturated carbocycles. The Balaban J connectivity index is 2.36. The second-order valence-electron chi connectivity index (χ2n) is 5.29. The molecule has 0 radical (unpaired) electrons. The molecule has 1 aromatic rings. The van der Waals surface area contributed by atoms with Gasteiger partial charge >= 0.3 is 5.97 Å². The molecular formula is C17H25NO3. The molecular weight excluding hydrogens is 266 g/mol. The van der Waals surface area contributed by atoms with Crippen molar-refractivity contribution in [2.24, 2.45) is 0 Å². The quantitative estimate of drug-likeness (QED) is 0.647. The SMILES string of the molecule is CCCCCCCC[C@H](NC(=O)c1ccccc1)C(=O)O. The van der Waals surface area contributed by atoms with Gasteiger partial charge in [0.2, 0.25) is 0 Å². The van der Waals surface area contributed by atoms with Crippen LogP contribution in [0.2, 0.25) is 0 Å². The maximum atomic E-state index is 12.0. The highest BCUT2D eigenvalue weighted by Gasteiger charge is 2.19. The fraction of sp³-hybridized carbons (Fsp3) is 0.529. The Morgan fingerprint density at radius 3 is 2.29 bits per heavy atom. The van der Waals surface area contributed by atoms with Crippen molar-refractivity contribution in [1.82, 2.24) is 5.32 Å². The Kier molecular flexibility index (Phi) is 8.17. The van der Waals surface area contributed by atoms with Crippen LogP contribution in [0.15, 0.2) is 30.3 Å². The zero-order chi connectivity index (χ0) is 15.5. The zero-order valence-electron chi connectivity index (χ0n) is 12.7. The Hall–Kier alpha value is -1.84. The summed E-state index contributed by atoms with van der Waals surface area (Å²) in [5, 5.41) is 11.8. The Morgan fingerprint density at radius 2 is 1.67 bits per heavy atom. The summed E-state index contributed by atoms with van der Waals surface area (Å²) >= 11 is 0. The van der Waals surface area contributed by atoms with Crippen LogP contribution in [0.5, 0.6) is 0 Å². The van der Waals surface area contributed by atoms with Crippen LogP contribution in [0.3, 0.4) is 0 Å². The van der Waals surface area contributed by atoms with Gasteiger partial charge in [-0.15, -0.1) is 0 Å². The number of carboxylic acids is 1. The molecule has 0 aromatic heterocycles. The maximum Gasteiger partial charge on any atom is 0.326 e. The van der Waals surface area contributed by atoms with Crippen molar-refractivity contribution < 1.29 is 14.7 Å². The van der Waals surface area contributed by atoms with Crippen molar-refractivity contribution in [3.05, 3.63) is 35.9 Å². The first-order chi connectivity index (χ1) is 10.1. The standard InChI is InChI=1S/C17H25NO3/c1-2-3-4-5-6-10-13-15(17(20)21)18-16(19)14-11-8-7-9-12-14/h7-9,11-12,15H,2-6,10,13H2,1H3,(H,18,19)(H,20,21)/t15-/m0/s1. The molecule has 0 fully saturated rings. The van der Waals surface area contributed by atoms with E-state index in [1.54, 1.807) is 24.3 Å². The van der Waals surface area contributed by atoms with Crippen LogP contribution in [0.25, 0.3) is 0 Å². The van der Waals surface area contributed by atoms with E-state index in [4.69, 9.17) is 0 Å². The van der Waals surface area contributed by atoms with Gasteiger partial charge in [0, 0.05) is 5.56 Å². The van der Waals surface area contributed by atoms with E-state index in [1.165, 1.54) is 19.3 Å². The average Bonchev–Trinajstić information content (AvgIpc) is 2.50. The minimum absolute atomic E-state index is 0.325. The molecule has 1 amide bonds. The molecule has 1 atom stereocenters. The van der Waals surface area contributed by atoms with Crippen LogP contribution in [0.4, 0.5) is 0 Å². The van der Waals surface area contributed by atoms with Crippen LogP contribution in [-0.2, 0) is 4.79 Å². The molecule has 0 aliphatic rings. The summed E-state index contributed by atoms with van der Waals surface area (Å²) in [7, 11) is 0. The lowest BCUT2D eigenvalue weighted by atomic mass is 10.1. The smallest absolute Gasteiger partial charge is 0.326 e. The van der Waals surface area contributed by atoms with E-state index in [2.05, 4.69) is 12.2 Å². The number of hydrogen-bond acceptors (Lipinski definition) is 2. The average molecular weight is 291 g/mol. The van der Waals surface area contributed by atoms with E-state index < -0.39 is 12.0 Å². The maximum absolute atomic E-state index is 12.0. The van der Waals surface area contributed by atoms with Crippen LogP contribution in [0, 0.1) is 0 Å². The van der Waals surface area contributed by atoms with Crippen LogP contribution in [-0.4, -0.2) is 23.0 Å². The van der Waals surface area contributed by atoms with Gasteiger partial charge in [-0.05, 0) is 18.6 Å². The van der Waals surface area contributed by atoms with Crippen LogP contribution >= 0.6 is 0 Å². The largest absolute Gasteiger partial charge is 0.480 e. The minimum Gasteiger partial charge on any atom is -0.480 e. The van der Waals surface area contributed by atoms with Gasteiger partial charge < -0.3 is 10.4 Å². The second kappa shape index (κ2) is 9.97. The van der Waals surface area contributed by atoms with Gasteiger partial charge in [-0.25, -0.2) is 4.79 Å². The van der Waals surface area contributed by atoms with Gasteiger partial charge in [-0.3, -0.25) is 4.79 Å². The zero-order valence-corrected chi connectivity index (χ0v) is 12.7. The van der Waals surface area contributed by atoms with Crippen molar-refractivity contribution in [1.29, 1.82) is 0 Å². The number of carbonyl (C=O) groups is 2. The monoisotopic (exact) mass is 291 g/mol. The molecule has 4 heteroatoms. The van der Waals surface area contributed by atoms with E-state index in [9.17, 15) is 14.7 Å². The number of carboxylic acid groups (broad SMARTS) is 1. The molecule has 21 heavy (non-hydrogen) atoms. The van der Waals surface area contributed by atoms with E-state index in [1.807, 2.05) is 6.07 Å². The number of rotatable bonds is 10. The van der Waals surface area contributed by atoms with E-state index in [0.29, 0.717) is 12.0 Å². The number of unbranched alkanes of at least 4 members (excludes halogenated alkanes) is 5. The molecule has 0 saturated heterocycles. The number of carbonyl (C=O) groups excluding carboxylic acids is 1. The van der Waals surface area contributed by atoms with Gasteiger partial charge in [0.05, 0.1) is 0 Å². The third kappa shape index (κ3) is 6.93. The molecule has 0 unspecified atom stereocenters. The van der Waals surface area contributed by atoms with E-state index >= 15 is 0 Å². The highest BCUT2D eigenvalue weighted by Crippen LogP contribution is 2.09. The number of aliphatic carboxylic acids is 1. The first-order valence-corrected chi connectivity index (χ1v) is 7.74. The fourth-order valence-corrected chi connectivity index (χ4v) is 2.22. The third-order valence-electron chi connectivity index (χ3n) is 3.49. The molecule has 0 aliphatic carbocycles. The molecule has 0 bridgehead atoms. The summed E-state index contributed by atoms with van der Waals surface area (Å²) in [6.45, 7) is 2.17. The van der Waals surface area contributed by atoms with Crippen molar-refractivity contribution in [2.75, 3.05) is 0 Å². The molecule has 1 aromatic carbocycles. The summed E-state index contributed by atoms with van der Waals surface area (Å²) in [5.74, 6) is -1.29. The van der Waals surface area contributed by atoms with Crippen molar-refractivity contribution >= 4 is 11.9 Å². The number of amides is 1. The van der Waals surface area contributed by atoms with Gasteiger partial charge in [0.1, 0.15) is 6.04 Å². The summed E-state index contributed by atoms with van der Waals surface area (Å²) in [5.41, 5.74) is 0.492. The van der Waals surface area contributed by atoms with Crippen molar-refractivity contribution in [3.8, 4) is 0 Å². The first kappa shape index (κ1) is 17.2. The van der Waals surface area contributed by atoms with Crippen LogP contribution in [0.1, 0.15) is 62.2 Å². The highest BCUT2D eigenvalue weighted by molar-refractivity contribution is 5.96. The predicted molar refractivity (Wildman–Crippen MR) is 83.3 cm³/mol. The second-order valence-corrected chi connectivity index (χ2v) is 5.29. The fourth-order valence-electron chi connectivity index (χ4n) is 2.22. The summed E-state index contributed by atoms with van der Waals surface area (Å²) in [6.07, 6.45) is 7.09. The van der Waals surface area contributed by atoms with Crippen molar-refractivity contribution in [2.45, 2.75) is 57.9 Å². The Bertz CT molecular complexity index is 431. The third-order valence-corrected chi connectivity index (χ3v) is 3.49. The number of benzene rings is 1. The molecule has 1 rings (SSSR count). The molecule has 4 nitrogen and oxygen atoms in total. The minimum atomic E-state index is -0.965. The lowest BCUT2D eigenvalue weighted by Gasteiger charge is -2.14. The van der Waals surface area contributed by atoms with Gasteiger partial charge in [0.15, 0.2) is 0 Å². The molecule has 0 heterocycles. The van der Waals surface area contributed by atoms with E-state index in [0.717, 1.165) is 19.3 Å².